The van der Waals surface area contributed by atoms with Gasteiger partial charge in [-0.3, -0.25) is 4.79 Å². The Kier molecular flexibility index (Phi) is 4.57. The van der Waals surface area contributed by atoms with Gasteiger partial charge in [-0.1, -0.05) is 5.16 Å². The van der Waals surface area contributed by atoms with Crippen LogP contribution in [0.5, 0.6) is 0 Å². The Labute approximate surface area is 156 Å². The summed E-state index contributed by atoms with van der Waals surface area (Å²) >= 11 is 0. The molecule has 1 aliphatic heterocycles. The van der Waals surface area contributed by atoms with Crippen molar-refractivity contribution >= 4 is 28.7 Å². The lowest BCUT2D eigenvalue weighted by Gasteiger charge is -2.24. The Hall–Kier alpha value is -2.87. The molecule has 0 spiro atoms. The van der Waals surface area contributed by atoms with Gasteiger partial charge in [0.25, 0.3) is 6.01 Å². The average molecular weight is 370 g/mol. The fourth-order valence-corrected chi connectivity index (χ4v) is 3.37. The molecule has 142 valence electrons. The number of benzene rings is 1. The maximum atomic E-state index is 12.7. The summed E-state index contributed by atoms with van der Waals surface area (Å²) in [5, 5.41) is 6.86. The lowest BCUT2D eigenvalue weighted by atomic mass is 9.98. The van der Waals surface area contributed by atoms with E-state index in [1.54, 1.807) is 6.07 Å². The first kappa shape index (κ1) is 17.5. The Morgan fingerprint density at radius 2 is 2.04 bits per heavy atom. The molecular weight excluding hydrogens is 348 g/mol. The first-order chi connectivity index (χ1) is 13.0. The molecular formula is C19H22N4O4. The van der Waals surface area contributed by atoms with Gasteiger partial charge in [0.2, 0.25) is 5.91 Å². The zero-order valence-corrected chi connectivity index (χ0v) is 15.6. The monoisotopic (exact) mass is 370 g/mol. The second kappa shape index (κ2) is 7.03. The maximum absolute atomic E-state index is 12.7. The van der Waals surface area contributed by atoms with Crippen molar-refractivity contribution in [3.63, 3.8) is 0 Å². The number of amides is 1. The van der Waals surface area contributed by atoms with Gasteiger partial charge in [0.1, 0.15) is 11.3 Å². The Morgan fingerprint density at radius 3 is 2.74 bits per heavy atom. The molecule has 1 aliphatic rings. The minimum atomic E-state index is -0.370. The van der Waals surface area contributed by atoms with Crippen LogP contribution in [0, 0.1) is 13.8 Å². The average Bonchev–Trinajstić information content (AvgIpc) is 3.24. The van der Waals surface area contributed by atoms with E-state index in [2.05, 4.69) is 20.4 Å². The Morgan fingerprint density at radius 1 is 1.26 bits per heavy atom. The summed E-state index contributed by atoms with van der Waals surface area (Å²) in [7, 11) is 0. The van der Waals surface area contributed by atoms with Crippen LogP contribution in [0.1, 0.15) is 29.9 Å². The number of aromatic nitrogens is 2. The number of oxazole rings is 1. The van der Waals surface area contributed by atoms with Crippen LogP contribution < -0.4 is 10.2 Å². The van der Waals surface area contributed by atoms with E-state index >= 15 is 0 Å². The van der Waals surface area contributed by atoms with E-state index in [-0.39, 0.29) is 11.8 Å². The van der Waals surface area contributed by atoms with Crippen LogP contribution >= 0.6 is 0 Å². The van der Waals surface area contributed by atoms with Crippen molar-refractivity contribution in [1.82, 2.24) is 10.1 Å². The summed E-state index contributed by atoms with van der Waals surface area (Å²) in [4.78, 5) is 19.2. The molecule has 8 heteroatoms. The number of nitrogens with one attached hydrogen (secondary N) is 1. The molecule has 27 heavy (non-hydrogen) atoms. The zero-order valence-electron chi connectivity index (χ0n) is 15.6. The van der Waals surface area contributed by atoms with E-state index in [9.17, 15) is 4.79 Å². The molecule has 0 saturated carbocycles. The molecule has 1 amide bonds. The molecule has 1 fully saturated rings. The van der Waals surface area contributed by atoms with Gasteiger partial charge in [-0.2, -0.15) is 4.98 Å². The minimum Gasteiger partial charge on any atom is -0.423 e. The van der Waals surface area contributed by atoms with Crippen molar-refractivity contribution in [2.75, 3.05) is 36.5 Å². The third-order valence-electron chi connectivity index (χ3n) is 4.84. The first-order valence-electron chi connectivity index (χ1n) is 9.00. The second-order valence-electron chi connectivity index (χ2n) is 6.73. The number of carbonyl (C=O) groups excluding carboxylic acids is 1. The van der Waals surface area contributed by atoms with Crippen molar-refractivity contribution < 1.29 is 18.5 Å². The van der Waals surface area contributed by atoms with Crippen LogP contribution in [-0.2, 0) is 9.53 Å². The van der Waals surface area contributed by atoms with Gasteiger partial charge in [-0.15, -0.1) is 0 Å². The Balaban J connectivity index is 1.52. The number of fused-ring (bicyclic) bond motifs is 1. The van der Waals surface area contributed by atoms with Crippen molar-refractivity contribution in [1.29, 1.82) is 0 Å². The van der Waals surface area contributed by atoms with Crippen molar-refractivity contribution in [2.45, 2.75) is 26.7 Å². The van der Waals surface area contributed by atoms with Crippen LogP contribution in [0.15, 0.2) is 27.1 Å². The SMILES string of the molecule is Cc1noc(C)c1[C@@H](C)C(=O)Nc1ccc2nc(N3CCOCC3)oc2c1. The highest BCUT2D eigenvalue weighted by molar-refractivity contribution is 5.97. The number of aryl methyl sites for hydroxylation is 2. The number of anilines is 2. The molecule has 4 rings (SSSR count). The van der Waals surface area contributed by atoms with Gasteiger partial charge < -0.3 is 23.9 Å². The third-order valence-corrected chi connectivity index (χ3v) is 4.84. The predicted molar refractivity (Wildman–Crippen MR) is 100 cm³/mol. The summed E-state index contributed by atoms with van der Waals surface area (Å²) in [5.41, 5.74) is 3.61. The molecule has 2 aromatic heterocycles. The molecule has 1 aromatic carbocycles. The molecule has 0 unspecified atom stereocenters. The number of rotatable bonds is 4. The topological polar surface area (TPSA) is 93.6 Å². The van der Waals surface area contributed by atoms with Crippen molar-refractivity contribution in [3.05, 3.63) is 35.2 Å². The third kappa shape index (κ3) is 3.40. The lowest BCUT2D eigenvalue weighted by molar-refractivity contribution is -0.117. The molecule has 3 heterocycles. The van der Waals surface area contributed by atoms with E-state index in [0.29, 0.717) is 36.3 Å². The number of hydrogen-bond donors (Lipinski definition) is 1. The van der Waals surface area contributed by atoms with Gasteiger partial charge in [0.05, 0.1) is 24.8 Å². The smallest absolute Gasteiger partial charge is 0.298 e. The van der Waals surface area contributed by atoms with E-state index in [1.807, 2.05) is 32.9 Å². The molecule has 8 nitrogen and oxygen atoms in total. The van der Waals surface area contributed by atoms with Gasteiger partial charge in [-0.05, 0) is 32.9 Å². The highest BCUT2D eigenvalue weighted by atomic mass is 16.5. The summed E-state index contributed by atoms with van der Waals surface area (Å²) in [5.74, 6) is 0.165. The molecule has 3 aromatic rings. The molecule has 1 atom stereocenters. The molecule has 0 bridgehead atoms. The first-order valence-corrected chi connectivity index (χ1v) is 9.00. The highest BCUT2D eigenvalue weighted by Gasteiger charge is 2.23. The van der Waals surface area contributed by atoms with Gasteiger partial charge in [0, 0.05) is 30.4 Å². The predicted octanol–water partition coefficient (Wildman–Crippen LogP) is 3.01. The normalized spacial score (nSPS) is 15.9. The summed E-state index contributed by atoms with van der Waals surface area (Å²) in [6.07, 6.45) is 0. The van der Waals surface area contributed by atoms with Crippen LogP contribution in [0.4, 0.5) is 11.7 Å². The van der Waals surface area contributed by atoms with E-state index in [4.69, 9.17) is 13.7 Å². The number of nitrogens with zero attached hydrogens (tertiary/aromatic N) is 3. The summed E-state index contributed by atoms with van der Waals surface area (Å²) in [6.45, 7) is 8.33. The number of ether oxygens (including phenoxy) is 1. The Bertz CT molecular complexity index is 952. The standard InChI is InChI=1S/C19H22N4O4/c1-11(17-12(2)22-27-13(17)3)18(24)20-14-4-5-15-16(10-14)26-19(21-15)23-6-8-25-9-7-23/h4-5,10-11H,6-9H2,1-3H3,(H,20,24)/t11-/m1/s1. The van der Waals surface area contributed by atoms with Gasteiger partial charge in [0.15, 0.2) is 5.58 Å². The minimum absolute atomic E-state index is 0.128. The van der Waals surface area contributed by atoms with E-state index in [1.165, 1.54) is 0 Å². The zero-order chi connectivity index (χ0) is 19.0. The highest BCUT2D eigenvalue weighted by Crippen LogP contribution is 2.27. The molecule has 1 N–H and O–H groups in total. The van der Waals surface area contributed by atoms with Crippen LogP contribution in [-0.4, -0.2) is 42.4 Å². The fourth-order valence-electron chi connectivity index (χ4n) is 3.37. The van der Waals surface area contributed by atoms with E-state index < -0.39 is 0 Å². The molecule has 1 saturated heterocycles. The second-order valence-corrected chi connectivity index (χ2v) is 6.73. The van der Waals surface area contributed by atoms with Crippen LogP contribution in [0.3, 0.4) is 0 Å². The summed E-state index contributed by atoms with van der Waals surface area (Å²) in [6, 6.07) is 6.05. The maximum Gasteiger partial charge on any atom is 0.298 e. The van der Waals surface area contributed by atoms with Crippen molar-refractivity contribution in [3.8, 4) is 0 Å². The number of morpholine rings is 1. The molecule has 0 radical (unpaired) electrons. The largest absolute Gasteiger partial charge is 0.423 e. The quantitative estimate of drug-likeness (QED) is 0.754. The van der Waals surface area contributed by atoms with Crippen LogP contribution in [0.25, 0.3) is 11.1 Å². The van der Waals surface area contributed by atoms with Gasteiger partial charge in [-0.25, -0.2) is 0 Å². The number of hydrogen-bond acceptors (Lipinski definition) is 7. The lowest BCUT2D eigenvalue weighted by Crippen LogP contribution is -2.36. The molecule has 0 aliphatic carbocycles. The van der Waals surface area contributed by atoms with Crippen LogP contribution in [0.2, 0.25) is 0 Å². The van der Waals surface area contributed by atoms with Gasteiger partial charge >= 0.3 is 0 Å². The summed E-state index contributed by atoms with van der Waals surface area (Å²) < 4.78 is 16.4. The fraction of sp³-hybridized carbons (Fsp3) is 0.421. The van der Waals surface area contributed by atoms with E-state index in [0.717, 1.165) is 29.9 Å². The number of carbonyl (C=O) groups is 1. The van der Waals surface area contributed by atoms with Crippen molar-refractivity contribution in [2.24, 2.45) is 0 Å².